The lowest BCUT2D eigenvalue weighted by molar-refractivity contribution is -0.192. The third kappa shape index (κ3) is 3.87. The molecule has 10 heteroatoms. The molecule has 1 heterocycles. The first-order valence-corrected chi connectivity index (χ1v) is 4.51. The van der Waals surface area contributed by atoms with E-state index in [0.29, 0.717) is 13.0 Å². The summed E-state index contributed by atoms with van der Waals surface area (Å²) in [4.78, 5) is 30.8. The summed E-state index contributed by atoms with van der Waals surface area (Å²) < 4.78 is 36.1. The number of aliphatic carboxylic acids is 1. The fourth-order valence-corrected chi connectivity index (χ4v) is 1.02. The van der Waals surface area contributed by atoms with Gasteiger partial charge in [0.1, 0.15) is 0 Å². The molecule has 18 heavy (non-hydrogen) atoms. The van der Waals surface area contributed by atoms with Gasteiger partial charge in [-0.1, -0.05) is 0 Å². The third-order valence-corrected chi connectivity index (χ3v) is 2.00. The molecular weight excluding hydrogens is 261 g/mol. The molecule has 0 spiro atoms. The number of carboxylic acids is 1. The highest BCUT2D eigenvalue weighted by atomic mass is 19.4. The van der Waals surface area contributed by atoms with Crippen LogP contribution in [0.4, 0.5) is 13.2 Å². The molecule has 1 aliphatic rings. The van der Waals surface area contributed by atoms with Crippen molar-refractivity contribution < 1.29 is 37.4 Å². The molecule has 0 aromatic rings. The van der Waals surface area contributed by atoms with E-state index >= 15 is 0 Å². The van der Waals surface area contributed by atoms with Crippen molar-refractivity contribution in [2.45, 2.75) is 18.1 Å². The summed E-state index contributed by atoms with van der Waals surface area (Å²) in [7, 11) is 1.21. The van der Waals surface area contributed by atoms with E-state index in [4.69, 9.17) is 15.6 Å². The SMILES string of the molecule is COC(=O)C1(N)CCNC1=O.O=C(O)C(F)(F)F. The molecule has 0 bridgehead atoms. The van der Waals surface area contributed by atoms with Gasteiger partial charge >= 0.3 is 18.1 Å². The minimum absolute atomic E-state index is 0.304. The molecule has 1 saturated heterocycles. The maximum atomic E-state index is 11.0. The van der Waals surface area contributed by atoms with E-state index in [1.54, 1.807) is 0 Å². The van der Waals surface area contributed by atoms with E-state index in [0.717, 1.165) is 0 Å². The molecule has 7 nitrogen and oxygen atoms in total. The van der Waals surface area contributed by atoms with Gasteiger partial charge in [0.05, 0.1) is 7.11 Å². The van der Waals surface area contributed by atoms with Crippen LogP contribution in [0.2, 0.25) is 0 Å². The van der Waals surface area contributed by atoms with E-state index in [-0.39, 0.29) is 0 Å². The van der Waals surface area contributed by atoms with Crippen LogP contribution in [0.25, 0.3) is 0 Å². The quantitative estimate of drug-likeness (QED) is 0.416. The van der Waals surface area contributed by atoms with Crippen LogP contribution in [-0.4, -0.2) is 48.3 Å². The molecule has 1 atom stereocenters. The Balaban J connectivity index is 0.000000360. The Kier molecular flexibility index (Phi) is 5.09. The Bertz CT molecular complexity index is 357. The fraction of sp³-hybridized carbons (Fsp3) is 0.625. The number of esters is 1. The zero-order chi connectivity index (χ0) is 14.6. The van der Waals surface area contributed by atoms with Gasteiger partial charge in [0.15, 0.2) is 5.54 Å². The van der Waals surface area contributed by atoms with Crippen molar-refractivity contribution in [1.82, 2.24) is 5.32 Å². The minimum Gasteiger partial charge on any atom is -0.475 e. The Morgan fingerprint density at radius 2 is 1.94 bits per heavy atom. The second kappa shape index (κ2) is 5.67. The molecule has 0 aromatic heterocycles. The molecule has 1 amide bonds. The molecule has 1 unspecified atom stereocenters. The van der Waals surface area contributed by atoms with E-state index in [1.807, 2.05) is 0 Å². The molecule has 4 N–H and O–H groups in total. The Morgan fingerprint density at radius 3 is 2.17 bits per heavy atom. The monoisotopic (exact) mass is 272 g/mol. The van der Waals surface area contributed by atoms with E-state index in [2.05, 4.69) is 10.1 Å². The molecule has 104 valence electrons. The van der Waals surface area contributed by atoms with Crippen molar-refractivity contribution in [1.29, 1.82) is 0 Å². The maximum absolute atomic E-state index is 11.0. The van der Waals surface area contributed by atoms with Gasteiger partial charge in [0.2, 0.25) is 0 Å². The normalized spacial score (nSPS) is 22.6. The van der Waals surface area contributed by atoms with Gasteiger partial charge in [0, 0.05) is 13.0 Å². The second-order valence-electron chi connectivity index (χ2n) is 3.27. The van der Waals surface area contributed by atoms with Crippen LogP contribution in [0.3, 0.4) is 0 Å². The average molecular weight is 272 g/mol. The van der Waals surface area contributed by atoms with Crippen LogP contribution in [0.1, 0.15) is 6.42 Å². The lowest BCUT2D eigenvalue weighted by Crippen LogP contribution is -2.54. The summed E-state index contributed by atoms with van der Waals surface area (Å²) in [5.74, 6) is -3.88. The van der Waals surface area contributed by atoms with Gasteiger partial charge in [-0.3, -0.25) is 4.79 Å². The number of ether oxygens (including phenoxy) is 1. The number of carbonyl (C=O) groups is 3. The summed E-state index contributed by atoms with van der Waals surface area (Å²) in [6, 6.07) is 0. The predicted molar refractivity (Wildman–Crippen MR) is 50.3 cm³/mol. The number of methoxy groups -OCH3 is 1. The molecule has 0 aromatic carbocycles. The first kappa shape index (κ1) is 16.2. The third-order valence-electron chi connectivity index (χ3n) is 2.00. The van der Waals surface area contributed by atoms with Crippen molar-refractivity contribution in [2.24, 2.45) is 5.73 Å². The second-order valence-corrected chi connectivity index (χ2v) is 3.27. The van der Waals surface area contributed by atoms with Crippen LogP contribution in [0.5, 0.6) is 0 Å². The molecule has 1 rings (SSSR count). The number of hydrogen-bond donors (Lipinski definition) is 3. The van der Waals surface area contributed by atoms with Gasteiger partial charge in [0.25, 0.3) is 5.91 Å². The number of rotatable bonds is 1. The van der Waals surface area contributed by atoms with Gasteiger partial charge in [-0.05, 0) is 0 Å². The molecule has 0 radical (unpaired) electrons. The van der Waals surface area contributed by atoms with Crippen LogP contribution in [-0.2, 0) is 19.1 Å². The fourth-order valence-electron chi connectivity index (χ4n) is 1.02. The van der Waals surface area contributed by atoms with E-state index in [9.17, 15) is 22.8 Å². The first-order valence-electron chi connectivity index (χ1n) is 4.51. The van der Waals surface area contributed by atoms with Crippen molar-refractivity contribution in [3.05, 3.63) is 0 Å². The van der Waals surface area contributed by atoms with Crippen LogP contribution < -0.4 is 11.1 Å². The van der Waals surface area contributed by atoms with Crippen LogP contribution in [0.15, 0.2) is 0 Å². The van der Waals surface area contributed by atoms with Gasteiger partial charge in [-0.2, -0.15) is 13.2 Å². The number of nitrogens with one attached hydrogen (secondary N) is 1. The number of halogens is 3. The molecule has 1 aliphatic heterocycles. The van der Waals surface area contributed by atoms with E-state index < -0.39 is 29.6 Å². The molecular formula is C8H11F3N2O5. The summed E-state index contributed by atoms with van der Waals surface area (Å²) >= 11 is 0. The van der Waals surface area contributed by atoms with Crippen LogP contribution in [0, 0.1) is 0 Å². The number of nitrogens with two attached hydrogens (primary N) is 1. The zero-order valence-electron chi connectivity index (χ0n) is 9.21. The van der Waals surface area contributed by atoms with Crippen molar-refractivity contribution in [3.8, 4) is 0 Å². The van der Waals surface area contributed by atoms with Crippen molar-refractivity contribution in [2.75, 3.05) is 13.7 Å². The highest BCUT2D eigenvalue weighted by Crippen LogP contribution is 2.14. The molecule has 0 saturated carbocycles. The summed E-state index contributed by atoms with van der Waals surface area (Å²) in [5, 5.41) is 9.59. The van der Waals surface area contributed by atoms with E-state index in [1.165, 1.54) is 7.11 Å². The summed E-state index contributed by atoms with van der Waals surface area (Å²) in [5.41, 5.74) is 4.02. The number of alkyl halides is 3. The Hall–Kier alpha value is -1.84. The Morgan fingerprint density at radius 1 is 1.50 bits per heavy atom. The summed E-state index contributed by atoms with van der Waals surface area (Å²) in [6.45, 7) is 0.435. The minimum atomic E-state index is -5.08. The summed E-state index contributed by atoms with van der Waals surface area (Å²) in [6.07, 6.45) is -4.78. The zero-order valence-corrected chi connectivity index (χ0v) is 9.21. The maximum Gasteiger partial charge on any atom is 0.490 e. The number of hydrogen-bond acceptors (Lipinski definition) is 5. The first-order chi connectivity index (χ1) is 8.05. The lowest BCUT2D eigenvalue weighted by atomic mass is 10.00. The molecule has 1 fully saturated rings. The van der Waals surface area contributed by atoms with Crippen molar-refractivity contribution in [3.63, 3.8) is 0 Å². The highest BCUT2D eigenvalue weighted by molar-refractivity contribution is 6.08. The largest absolute Gasteiger partial charge is 0.490 e. The number of carbonyl (C=O) groups excluding carboxylic acids is 2. The Labute approximate surface area is 99.1 Å². The van der Waals surface area contributed by atoms with Gasteiger partial charge in [-0.25, -0.2) is 9.59 Å². The predicted octanol–water partition coefficient (Wildman–Crippen LogP) is -0.990. The average Bonchev–Trinajstić information content (AvgIpc) is 2.59. The van der Waals surface area contributed by atoms with Gasteiger partial charge < -0.3 is 20.9 Å². The standard InChI is InChI=1S/C6H10N2O3.C2HF3O2/c1-11-5(10)6(7)2-3-8-4(6)9;3-2(4,5)1(6)7/h2-3,7H2,1H3,(H,8,9);(H,6,7). The van der Waals surface area contributed by atoms with Crippen LogP contribution >= 0.6 is 0 Å². The van der Waals surface area contributed by atoms with Crippen molar-refractivity contribution >= 4 is 17.8 Å². The molecule has 0 aliphatic carbocycles. The number of amides is 1. The number of carboxylic acid groups (broad SMARTS) is 1. The topological polar surface area (TPSA) is 119 Å². The smallest absolute Gasteiger partial charge is 0.475 e. The van der Waals surface area contributed by atoms with Gasteiger partial charge in [-0.15, -0.1) is 0 Å². The lowest BCUT2D eigenvalue weighted by Gasteiger charge is -2.15. The highest BCUT2D eigenvalue weighted by Gasteiger charge is 2.46.